The average Bonchev–Trinajstić information content (AvgIpc) is 3.84. The molecule has 0 amide bonds. The SMILES string of the molecule is Cc1cccc(Cl)c1-c1noc(C2CC2)c1COc1ccc2c(c1)C1CC1c1cc(C(=O)O)ccc1C2=O. The summed E-state index contributed by atoms with van der Waals surface area (Å²) in [4.78, 5) is 24.9. The zero-order chi connectivity index (χ0) is 26.1. The lowest BCUT2D eigenvalue weighted by Crippen LogP contribution is -2.07. The molecule has 0 bridgehead atoms. The molecule has 2 unspecified atom stereocenters. The number of hydrogen-bond donors (Lipinski definition) is 1. The highest BCUT2D eigenvalue weighted by atomic mass is 35.5. The number of benzene rings is 3. The number of carbonyl (C=O) groups excluding carboxylic acids is 1. The largest absolute Gasteiger partial charge is 0.489 e. The van der Waals surface area contributed by atoms with Crippen molar-refractivity contribution in [3.05, 3.63) is 104 Å². The van der Waals surface area contributed by atoms with Crippen LogP contribution in [0.25, 0.3) is 11.3 Å². The molecule has 7 heteroatoms. The molecule has 3 aliphatic rings. The van der Waals surface area contributed by atoms with Crippen LogP contribution >= 0.6 is 11.6 Å². The van der Waals surface area contributed by atoms with E-state index in [0.29, 0.717) is 33.5 Å². The van der Waals surface area contributed by atoms with Gasteiger partial charge in [-0.1, -0.05) is 28.9 Å². The van der Waals surface area contributed by atoms with Crippen LogP contribution < -0.4 is 4.74 Å². The van der Waals surface area contributed by atoms with E-state index >= 15 is 0 Å². The van der Waals surface area contributed by atoms with E-state index in [1.165, 1.54) is 6.07 Å². The van der Waals surface area contributed by atoms with Crippen LogP contribution in [0, 0.1) is 6.92 Å². The van der Waals surface area contributed by atoms with Crippen molar-refractivity contribution in [3.8, 4) is 17.0 Å². The van der Waals surface area contributed by atoms with Crippen LogP contribution in [0.15, 0.2) is 59.1 Å². The molecule has 0 spiro atoms. The average molecular weight is 526 g/mol. The van der Waals surface area contributed by atoms with E-state index in [2.05, 4.69) is 5.16 Å². The van der Waals surface area contributed by atoms with Gasteiger partial charge in [0.15, 0.2) is 5.78 Å². The molecular formula is C31H24ClNO5. The third kappa shape index (κ3) is 3.74. The highest BCUT2D eigenvalue weighted by Gasteiger charge is 2.46. The van der Waals surface area contributed by atoms with Crippen molar-refractivity contribution in [1.82, 2.24) is 5.16 Å². The molecular weight excluding hydrogens is 502 g/mol. The van der Waals surface area contributed by atoms with E-state index in [9.17, 15) is 14.7 Å². The van der Waals surface area contributed by atoms with E-state index in [4.69, 9.17) is 20.9 Å². The summed E-state index contributed by atoms with van der Waals surface area (Å²) in [5, 5.41) is 14.5. The number of hydrogen-bond acceptors (Lipinski definition) is 5. The van der Waals surface area contributed by atoms with Crippen molar-refractivity contribution in [3.63, 3.8) is 0 Å². The summed E-state index contributed by atoms with van der Waals surface area (Å²) in [6, 6.07) is 16.2. The van der Waals surface area contributed by atoms with Crippen molar-refractivity contribution in [2.75, 3.05) is 0 Å². The fraction of sp³-hybridized carbons (Fsp3) is 0.258. The number of aromatic carboxylic acids is 1. The molecule has 7 rings (SSSR count). The zero-order valence-corrected chi connectivity index (χ0v) is 21.4. The van der Waals surface area contributed by atoms with Crippen molar-refractivity contribution in [2.45, 2.75) is 50.5 Å². The lowest BCUT2D eigenvalue weighted by molar-refractivity contribution is 0.0696. The second kappa shape index (κ2) is 8.57. The van der Waals surface area contributed by atoms with Gasteiger partial charge in [-0.3, -0.25) is 4.79 Å². The van der Waals surface area contributed by atoms with Gasteiger partial charge in [0, 0.05) is 22.6 Å². The number of rotatable bonds is 6. The number of fused-ring (bicyclic) bond motifs is 5. The molecule has 2 atom stereocenters. The van der Waals surface area contributed by atoms with Gasteiger partial charge in [0.2, 0.25) is 0 Å². The molecule has 6 nitrogen and oxygen atoms in total. The molecule has 3 aliphatic carbocycles. The van der Waals surface area contributed by atoms with Gasteiger partial charge in [0.1, 0.15) is 23.8 Å². The summed E-state index contributed by atoms with van der Waals surface area (Å²) < 4.78 is 12.1. The first-order valence-corrected chi connectivity index (χ1v) is 13.2. The van der Waals surface area contributed by atoms with Crippen LogP contribution in [0.1, 0.15) is 91.3 Å². The zero-order valence-electron chi connectivity index (χ0n) is 20.7. The first kappa shape index (κ1) is 23.2. The van der Waals surface area contributed by atoms with Gasteiger partial charge in [-0.05, 0) is 97.2 Å². The van der Waals surface area contributed by atoms with E-state index in [-0.39, 0.29) is 29.8 Å². The van der Waals surface area contributed by atoms with Crippen LogP contribution in [0.5, 0.6) is 5.75 Å². The van der Waals surface area contributed by atoms with Gasteiger partial charge in [0.05, 0.1) is 16.1 Å². The van der Waals surface area contributed by atoms with E-state index in [1.54, 1.807) is 12.1 Å². The number of carbonyl (C=O) groups is 2. The summed E-state index contributed by atoms with van der Waals surface area (Å²) >= 11 is 6.57. The highest BCUT2D eigenvalue weighted by Crippen LogP contribution is 2.58. The minimum Gasteiger partial charge on any atom is -0.489 e. The molecule has 1 heterocycles. The summed E-state index contributed by atoms with van der Waals surface area (Å²) in [6.45, 7) is 2.28. The minimum atomic E-state index is -0.986. The Morgan fingerprint density at radius 3 is 2.53 bits per heavy atom. The normalized spacial score (nSPS) is 19.3. The number of nitrogens with zero attached hydrogens (tertiary/aromatic N) is 1. The van der Waals surface area contributed by atoms with E-state index < -0.39 is 5.97 Å². The van der Waals surface area contributed by atoms with Crippen LogP contribution in [0.2, 0.25) is 5.02 Å². The molecule has 0 radical (unpaired) electrons. The number of aryl methyl sites for hydroxylation is 1. The maximum atomic E-state index is 13.4. The monoisotopic (exact) mass is 525 g/mol. The smallest absolute Gasteiger partial charge is 0.335 e. The molecule has 2 fully saturated rings. The van der Waals surface area contributed by atoms with Crippen molar-refractivity contribution < 1.29 is 24.0 Å². The topological polar surface area (TPSA) is 89.6 Å². The lowest BCUT2D eigenvalue weighted by atomic mass is 9.95. The standard InChI is InChI=1S/C31H24ClNO5/c1-15-3-2-4-26(32)27(15)28-25(30(38-33-28)16-5-6-16)14-37-18-8-10-20-22(12-18)24-13-23(24)21-11-17(31(35)36)7-9-19(21)29(20)34/h2-4,7-12,16,23-24H,5-6,13-14H2,1H3,(H,35,36). The van der Waals surface area contributed by atoms with E-state index in [1.807, 2.05) is 43.3 Å². The molecule has 0 aliphatic heterocycles. The molecule has 1 N–H and O–H groups in total. The van der Waals surface area contributed by atoms with Gasteiger partial charge >= 0.3 is 5.97 Å². The van der Waals surface area contributed by atoms with Crippen LogP contribution in [0.4, 0.5) is 0 Å². The fourth-order valence-electron chi connectivity index (χ4n) is 5.79. The molecule has 0 saturated heterocycles. The summed E-state index contributed by atoms with van der Waals surface area (Å²) in [5.74, 6) is 1.13. The summed E-state index contributed by atoms with van der Waals surface area (Å²) in [6.07, 6.45) is 3.02. The van der Waals surface area contributed by atoms with E-state index in [0.717, 1.165) is 52.8 Å². The molecule has 2 saturated carbocycles. The minimum absolute atomic E-state index is 0.0720. The first-order chi connectivity index (χ1) is 18.4. The number of ketones is 1. The number of halogens is 1. The Morgan fingerprint density at radius 1 is 1.08 bits per heavy atom. The number of aromatic nitrogens is 1. The van der Waals surface area contributed by atoms with Crippen molar-refractivity contribution in [1.29, 1.82) is 0 Å². The second-order valence-corrected chi connectivity index (χ2v) is 10.9. The number of carboxylic acid groups (broad SMARTS) is 1. The predicted molar refractivity (Wildman–Crippen MR) is 141 cm³/mol. The second-order valence-electron chi connectivity index (χ2n) is 10.5. The molecule has 190 valence electrons. The highest BCUT2D eigenvalue weighted by molar-refractivity contribution is 6.33. The van der Waals surface area contributed by atoms with Gasteiger partial charge in [-0.2, -0.15) is 0 Å². The number of ether oxygens (including phenoxy) is 1. The Labute approximate surface area is 224 Å². The quantitative estimate of drug-likeness (QED) is 0.284. The van der Waals surface area contributed by atoms with Crippen molar-refractivity contribution >= 4 is 23.4 Å². The number of carboxylic acids is 1. The Balaban J connectivity index is 1.21. The van der Waals surface area contributed by atoms with Gasteiger partial charge in [-0.15, -0.1) is 0 Å². The molecule has 38 heavy (non-hydrogen) atoms. The lowest BCUT2D eigenvalue weighted by Gasteiger charge is -2.13. The Kier molecular flexibility index (Phi) is 5.24. The van der Waals surface area contributed by atoms with Gasteiger partial charge in [0.25, 0.3) is 0 Å². The fourth-order valence-corrected chi connectivity index (χ4v) is 6.10. The third-order valence-electron chi connectivity index (χ3n) is 8.01. The van der Waals surface area contributed by atoms with Crippen LogP contribution in [-0.2, 0) is 6.61 Å². The Hall–Kier alpha value is -3.90. The first-order valence-electron chi connectivity index (χ1n) is 12.8. The van der Waals surface area contributed by atoms with Gasteiger partial charge < -0.3 is 14.4 Å². The molecule has 3 aromatic carbocycles. The van der Waals surface area contributed by atoms with Crippen LogP contribution in [-0.4, -0.2) is 22.0 Å². The third-order valence-corrected chi connectivity index (χ3v) is 8.32. The van der Waals surface area contributed by atoms with Gasteiger partial charge in [-0.25, -0.2) is 4.79 Å². The van der Waals surface area contributed by atoms with Crippen LogP contribution in [0.3, 0.4) is 0 Å². The maximum Gasteiger partial charge on any atom is 0.335 e. The van der Waals surface area contributed by atoms with Crippen molar-refractivity contribution in [2.24, 2.45) is 0 Å². The Morgan fingerprint density at radius 2 is 1.82 bits per heavy atom. The summed E-state index contributed by atoms with van der Waals surface area (Å²) in [7, 11) is 0. The molecule has 4 aromatic rings. The molecule has 1 aromatic heterocycles. The Bertz CT molecular complexity index is 1630. The summed E-state index contributed by atoms with van der Waals surface area (Å²) in [5.41, 5.74) is 6.74. The maximum absolute atomic E-state index is 13.4. The predicted octanol–water partition coefficient (Wildman–Crippen LogP) is 7.27.